The SMILES string of the molecule is O=C(c1cncc(O)c1)N1C[C@H](O)C[C@@H]1c1ccc(F)c(F)c1. The number of benzene rings is 1. The summed E-state index contributed by atoms with van der Waals surface area (Å²) in [6.45, 7) is 0.0676. The number of hydrogen-bond donors (Lipinski definition) is 2. The zero-order chi connectivity index (χ0) is 16.6. The lowest BCUT2D eigenvalue weighted by atomic mass is 10.0. The van der Waals surface area contributed by atoms with Crippen LogP contribution in [0.4, 0.5) is 8.78 Å². The average molecular weight is 320 g/mol. The number of aliphatic hydroxyl groups excluding tert-OH is 1. The highest BCUT2D eigenvalue weighted by atomic mass is 19.2. The molecule has 2 heterocycles. The Morgan fingerprint density at radius 1 is 1.22 bits per heavy atom. The summed E-state index contributed by atoms with van der Waals surface area (Å²) >= 11 is 0. The first kappa shape index (κ1) is 15.4. The van der Waals surface area contributed by atoms with Crippen LogP contribution in [-0.4, -0.2) is 38.7 Å². The van der Waals surface area contributed by atoms with Crippen LogP contribution >= 0.6 is 0 Å². The van der Waals surface area contributed by atoms with Crippen LogP contribution < -0.4 is 0 Å². The van der Waals surface area contributed by atoms with Gasteiger partial charge in [0.1, 0.15) is 5.75 Å². The molecule has 1 aliphatic heterocycles. The van der Waals surface area contributed by atoms with Crippen molar-refractivity contribution in [3.8, 4) is 5.75 Å². The van der Waals surface area contributed by atoms with Crippen molar-refractivity contribution in [3.05, 3.63) is 59.4 Å². The number of likely N-dealkylation sites (tertiary alicyclic amines) is 1. The Hall–Kier alpha value is -2.54. The molecule has 1 aromatic heterocycles. The molecule has 0 radical (unpaired) electrons. The van der Waals surface area contributed by atoms with E-state index >= 15 is 0 Å². The number of aliphatic hydroxyl groups is 1. The molecule has 2 aromatic rings. The molecule has 0 saturated carbocycles. The molecule has 2 atom stereocenters. The highest BCUT2D eigenvalue weighted by Gasteiger charge is 2.36. The van der Waals surface area contributed by atoms with Crippen LogP contribution in [0.1, 0.15) is 28.4 Å². The first-order valence-corrected chi connectivity index (χ1v) is 7.03. The van der Waals surface area contributed by atoms with Crippen molar-refractivity contribution in [2.75, 3.05) is 6.54 Å². The van der Waals surface area contributed by atoms with Crippen molar-refractivity contribution in [2.45, 2.75) is 18.6 Å². The highest BCUT2D eigenvalue weighted by Crippen LogP contribution is 2.34. The van der Waals surface area contributed by atoms with Gasteiger partial charge in [0.15, 0.2) is 11.6 Å². The molecule has 0 spiro atoms. The first-order chi connectivity index (χ1) is 11.0. The fourth-order valence-corrected chi connectivity index (χ4v) is 2.78. The van der Waals surface area contributed by atoms with Gasteiger partial charge in [0.05, 0.1) is 23.9 Å². The number of rotatable bonds is 2. The van der Waals surface area contributed by atoms with E-state index in [0.717, 1.165) is 12.1 Å². The third kappa shape index (κ3) is 3.00. The molecule has 1 saturated heterocycles. The number of aromatic nitrogens is 1. The minimum atomic E-state index is -1.00. The molecule has 23 heavy (non-hydrogen) atoms. The predicted octanol–water partition coefficient (Wildman–Crippen LogP) is 2.01. The molecule has 1 aliphatic rings. The van der Waals surface area contributed by atoms with E-state index in [2.05, 4.69) is 4.98 Å². The zero-order valence-corrected chi connectivity index (χ0v) is 12.0. The van der Waals surface area contributed by atoms with E-state index in [9.17, 15) is 23.8 Å². The quantitative estimate of drug-likeness (QED) is 0.888. The number of β-amino-alcohol motifs (C(OH)–C–C–N with tert-alkyl or cyclic N) is 1. The molecule has 3 rings (SSSR count). The Morgan fingerprint density at radius 3 is 2.70 bits per heavy atom. The van der Waals surface area contributed by atoms with Gasteiger partial charge in [0, 0.05) is 12.7 Å². The normalized spacial score (nSPS) is 20.7. The van der Waals surface area contributed by atoms with Crippen LogP contribution in [-0.2, 0) is 0 Å². The molecule has 120 valence electrons. The maximum atomic E-state index is 13.4. The van der Waals surface area contributed by atoms with Gasteiger partial charge >= 0.3 is 0 Å². The summed E-state index contributed by atoms with van der Waals surface area (Å²) in [6.07, 6.45) is 1.96. The monoisotopic (exact) mass is 320 g/mol. The van der Waals surface area contributed by atoms with Crippen molar-refractivity contribution >= 4 is 5.91 Å². The van der Waals surface area contributed by atoms with Gasteiger partial charge in [-0.3, -0.25) is 9.78 Å². The third-order valence-corrected chi connectivity index (χ3v) is 3.84. The molecule has 1 aromatic carbocycles. The Kier molecular flexibility index (Phi) is 3.96. The smallest absolute Gasteiger partial charge is 0.256 e. The summed E-state index contributed by atoms with van der Waals surface area (Å²) in [5, 5.41) is 19.3. The summed E-state index contributed by atoms with van der Waals surface area (Å²) in [4.78, 5) is 17.7. The fourth-order valence-electron chi connectivity index (χ4n) is 2.78. The Bertz CT molecular complexity index is 754. The van der Waals surface area contributed by atoms with Crippen LogP contribution in [0.3, 0.4) is 0 Å². The Morgan fingerprint density at radius 2 is 2.00 bits per heavy atom. The van der Waals surface area contributed by atoms with Crippen molar-refractivity contribution in [1.29, 1.82) is 0 Å². The van der Waals surface area contributed by atoms with Crippen LogP contribution in [0.2, 0.25) is 0 Å². The molecule has 0 unspecified atom stereocenters. The van der Waals surface area contributed by atoms with E-state index in [1.54, 1.807) is 0 Å². The van der Waals surface area contributed by atoms with Gasteiger partial charge in [-0.2, -0.15) is 0 Å². The standard InChI is InChI=1S/C16H14F2N2O3/c17-13-2-1-9(4-14(13)18)15-5-12(22)8-20(15)16(23)10-3-11(21)7-19-6-10/h1-4,6-7,12,15,21-22H,5,8H2/t12-,15-/m1/s1. The molecular formula is C16H14F2N2O3. The van der Waals surface area contributed by atoms with E-state index < -0.39 is 29.7 Å². The second kappa shape index (κ2) is 5.92. The van der Waals surface area contributed by atoms with Gasteiger partial charge in [-0.05, 0) is 30.2 Å². The molecule has 0 bridgehead atoms. The number of nitrogens with zero attached hydrogens (tertiary/aromatic N) is 2. The van der Waals surface area contributed by atoms with Crippen LogP contribution in [0.5, 0.6) is 5.75 Å². The predicted molar refractivity (Wildman–Crippen MR) is 76.7 cm³/mol. The lowest BCUT2D eigenvalue weighted by Crippen LogP contribution is -2.31. The maximum absolute atomic E-state index is 13.4. The van der Waals surface area contributed by atoms with Gasteiger partial charge in [-0.1, -0.05) is 6.07 Å². The van der Waals surface area contributed by atoms with E-state index in [-0.39, 0.29) is 24.3 Å². The van der Waals surface area contributed by atoms with E-state index in [1.807, 2.05) is 0 Å². The summed E-state index contributed by atoms with van der Waals surface area (Å²) in [7, 11) is 0. The Balaban J connectivity index is 1.93. The minimum Gasteiger partial charge on any atom is -0.506 e. The molecular weight excluding hydrogens is 306 g/mol. The number of pyridine rings is 1. The molecule has 1 fully saturated rings. The highest BCUT2D eigenvalue weighted by molar-refractivity contribution is 5.94. The Labute approximate surface area is 130 Å². The topological polar surface area (TPSA) is 73.7 Å². The van der Waals surface area contributed by atoms with Crippen LogP contribution in [0.25, 0.3) is 0 Å². The van der Waals surface area contributed by atoms with Gasteiger partial charge in [-0.25, -0.2) is 8.78 Å². The molecule has 0 aliphatic carbocycles. The molecule has 1 amide bonds. The molecule has 5 nitrogen and oxygen atoms in total. The number of carbonyl (C=O) groups excluding carboxylic acids is 1. The second-order valence-corrected chi connectivity index (χ2v) is 5.47. The van der Waals surface area contributed by atoms with Crippen molar-refractivity contribution < 1.29 is 23.8 Å². The van der Waals surface area contributed by atoms with E-state index in [1.165, 1.54) is 29.4 Å². The van der Waals surface area contributed by atoms with E-state index in [0.29, 0.717) is 5.56 Å². The molecule has 2 N–H and O–H groups in total. The number of halogens is 2. The van der Waals surface area contributed by atoms with Crippen molar-refractivity contribution in [2.24, 2.45) is 0 Å². The largest absolute Gasteiger partial charge is 0.506 e. The van der Waals surface area contributed by atoms with Gasteiger partial charge in [0.2, 0.25) is 0 Å². The zero-order valence-electron chi connectivity index (χ0n) is 12.0. The number of carbonyl (C=O) groups is 1. The number of aromatic hydroxyl groups is 1. The van der Waals surface area contributed by atoms with Gasteiger partial charge in [-0.15, -0.1) is 0 Å². The fraction of sp³-hybridized carbons (Fsp3) is 0.250. The van der Waals surface area contributed by atoms with Crippen LogP contribution in [0, 0.1) is 11.6 Å². The lowest BCUT2D eigenvalue weighted by molar-refractivity contribution is 0.0714. The lowest BCUT2D eigenvalue weighted by Gasteiger charge is -2.25. The number of hydrogen-bond acceptors (Lipinski definition) is 4. The second-order valence-electron chi connectivity index (χ2n) is 5.47. The molecule has 7 heteroatoms. The van der Waals surface area contributed by atoms with Gasteiger partial charge < -0.3 is 15.1 Å². The number of amides is 1. The summed E-state index contributed by atoms with van der Waals surface area (Å²) < 4.78 is 26.5. The van der Waals surface area contributed by atoms with Crippen molar-refractivity contribution in [3.63, 3.8) is 0 Å². The minimum absolute atomic E-state index is 0.0676. The average Bonchev–Trinajstić information content (AvgIpc) is 2.91. The van der Waals surface area contributed by atoms with Gasteiger partial charge in [0.25, 0.3) is 5.91 Å². The summed E-state index contributed by atoms with van der Waals surface area (Å²) in [5.74, 6) is -2.57. The summed E-state index contributed by atoms with van der Waals surface area (Å²) in [6, 6.07) is 4.10. The summed E-state index contributed by atoms with van der Waals surface area (Å²) in [5.41, 5.74) is 0.564. The first-order valence-electron chi connectivity index (χ1n) is 7.03. The van der Waals surface area contributed by atoms with Crippen molar-refractivity contribution in [1.82, 2.24) is 9.88 Å². The third-order valence-electron chi connectivity index (χ3n) is 3.84. The maximum Gasteiger partial charge on any atom is 0.256 e. The van der Waals surface area contributed by atoms with E-state index in [4.69, 9.17) is 0 Å². The van der Waals surface area contributed by atoms with Crippen LogP contribution in [0.15, 0.2) is 36.7 Å².